The number of likely N-dealkylation sites (tertiary alicyclic amines) is 1. The van der Waals surface area contributed by atoms with E-state index in [1.807, 2.05) is 12.1 Å². The summed E-state index contributed by atoms with van der Waals surface area (Å²) >= 11 is 0. The largest absolute Gasteiger partial charge is 0.486 e. The fourth-order valence-electron chi connectivity index (χ4n) is 3.76. The third-order valence-electron chi connectivity index (χ3n) is 5.24. The average Bonchev–Trinajstić information content (AvgIpc) is 2.73. The van der Waals surface area contributed by atoms with Crippen LogP contribution in [0.1, 0.15) is 18.4 Å². The highest BCUT2D eigenvalue weighted by molar-refractivity contribution is 5.44. The second-order valence-corrected chi connectivity index (χ2v) is 7.04. The Morgan fingerprint density at radius 3 is 2.89 bits per heavy atom. The van der Waals surface area contributed by atoms with Crippen molar-refractivity contribution in [3.63, 3.8) is 0 Å². The van der Waals surface area contributed by atoms with Gasteiger partial charge in [0.2, 0.25) is 5.88 Å². The normalized spacial score (nSPS) is 19.6. The fraction of sp³-hybridized carbons (Fsp3) is 0.500. The molecule has 1 aromatic heterocycles. The van der Waals surface area contributed by atoms with Crippen LogP contribution in [0.4, 0.5) is 5.82 Å². The first-order valence-corrected chi connectivity index (χ1v) is 9.42. The first kappa shape index (κ1) is 17.9. The molecule has 0 radical (unpaired) electrons. The maximum Gasteiger partial charge on any atom is 0.218 e. The summed E-state index contributed by atoms with van der Waals surface area (Å²) in [6, 6.07) is 8.56. The molecule has 4 rings (SSSR count). The van der Waals surface area contributed by atoms with Crippen LogP contribution in [0.3, 0.4) is 0 Å². The number of benzene rings is 1. The summed E-state index contributed by atoms with van der Waals surface area (Å²) in [5.74, 6) is 3.19. The fourth-order valence-corrected chi connectivity index (χ4v) is 3.76. The number of anilines is 1. The zero-order valence-electron chi connectivity index (χ0n) is 15.9. The molecule has 0 amide bonds. The van der Waals surface area contributed by atoms with Gasteiger partial charge in [0.25, 0.3) is 0 Å². The second-order valence-electron chi connectivity index (χ2n) is 7.04. The summed E-state index contributed by atoms with van der Waals surface area (Å²) in [5, 5.41) is 0. The quantitative estimate of drug-likeness (QED) is 0.801. The molecule has 1 atom stereocenters. The van der Waals surface area contributed by atoms with E-state index in [0.29, 0.717) is 25.1 Å². The number of hydrogen-bond donors (Lipinski definition) is 0. The topological polar surface area (TPSA) is 60.0 Å². The summed E-state index contributed by atoms with van der Waals surface area (Å²) in [7, 11) is 3.72. The van der Waals surface area contributed by atoms with E-state index < -0.39 is 0 Å². The highest BCUT2D eigenvalue weighted by atomic mass is 16.6. The zero-order chi connectivity index (χ0) is 18.6. The van der Waals surface area contributed by atoms with E-state index in [4.69, 9.17) is 14.2 Å². The van der Waals surface area contributed by atoms with Crippen LogP contribution in [-0.2, 0) is 6.54 Å². The van der Waals surface area contributed by atoms with Crippen LogP contribution in [0.15, 0.2) is 30.6 Å². The van der Waals surface area contributed by atoms with Crippen molar-refractivity contribution in [3.8, 4) is 17.4 Å². The Bertz CT molecular complexity index is 786. The maximum atomic E-state index is 5.71. The summed E-state index contributed by atoms with van der Waals surface area (Å²) in [6.45, 7) is 4.26. The number of likely N-dealkylation sites (N-methyl/N-ethyl adjacent to an activating group) is 1. The third kappa shape index (κ3) is 4.08. The number of fused-ring (bicyclic) bond motifs is 1. The molecule has 27 heavy (non-hydrogen) atoms. The second kappa shape index (κ2) is 8.00. The van der Waals surface area contributed by atoms with Crippen molar-refractivity contribution in [2.45, 2.75) is 25.4 Å². The number of ether oxygens (including phenoxy) is 3. The Balaban J connectivity index is 1.42. The molecule has 7 nitrogen and oxygen atoms in total. The van der Waals surface area contributed by atoms with E-state index in [9.17, 15) is 0 Å². The molecule has 2 aliphatic heterocycles. The van der Waals surface area contributed by atoms with E-state index >= 15 is 0 Å². The molecular formula is C20H26N4O3. The molecule has 1 fully saturated rings. The lowest BCUT2D eigenvalue weighted by molar-refractivity contribution is 0.170. The molecule has 0 bridgehead atoms. The standard InChI is InChI=1S/C20H26N4O3/c1-23(19-11-20(25-2)22-14-21-19)16-4-3-7-24(13-16)12-15-5-6-17-18(10-15)27-9-8-26-17/h5-6,10-11,14,16H,3-4,7-9,12-13H2,1-2H3. The van der Waals surface area contributed by atoms with Gasteiger partial charge in [0, 0.05) is 32.2 Å². The van der Waals surface area contributed by atoms with Crippen LogP contribution < -0.4 is 19.1 Å². The Morgan fingerprint density at radius 1 is 1.19 bits per heavy atom. The third-order valence-corrected chi connectivity index (χ3v) is 5.24. The molecule has 0 aliphatic carbocycles. The molecule has 0 spiro atoms. The Hall–Kier alpha value is -2.54. The lowest BCUT2D eigenvalue weighted by atomic mass is 10.0. The van der Waals surface area contributed by atoms with Crippen LogP contribution >= 0.6 is 0 Å². The highest BCUT2D eigenvalue weighted by Gasteiger charge is 2.25. The van der Waals surface area contributed by atoms with Gasteiger partial charge in [0.05, 0.1) is 7.11 Å². The van der Waals surface area contributed by atoms with E-state index in [-0.39, 0.29) is 0 Å². The average molecular weight is 370 g/mol. The van der Waals surface area contributed by atoms with Gasteiger partial charge >= 0.3 is 0 Å². The predicted octanol–water partition coefficient (Wildman–Crippen LogP) is 2.36. The van der Waals surface area contributed by atoms with Gasteiger partial charge in [0.15, 0.2) is 11.5 Å². The lowest BCUT2D eigenvalue weighted by Crippen LogP contribution is -2.46. The van der Waals surface area contributed by atoms with Gasteiger partial charge < -0.3 is 19.1 Å². The molecule has 0 saturated carbocycles. The SMILES string of the molecule is COc1cc(N(C)C2CCCN(Cc3ccc4c(c3)OCCO4)C2)ncn1. The van der Waals surface area contributed by atoms with E-state index in [1.54, 1.807) is 13.4 Å². The minimum Gasteiger partial charge on any atom is -0.486 e. The Morgan fingerprint density at radius 2 is 2.04 bits per heavy atom. The van der Waals surface area contributed by atoms with Crippen molar-refractivity contribution in [2.75, 3.05) is 45.4 Å². The molecule has 1 unspecified atom stereocenters. The molecule has 0 N–H and O–H groups in total. The molecule has 1 aromatic carbocycles. The predicted molar refractivity (Wildman–Crippen MR) is 103 cm³/mol. The summed E-state index contributed by atoms with van der Waals surface area (Å²) in [6.07, 6.45) is 3.88. The van der Waals surface area contributed by atoms with Crippen molar-refractivity contribution >= 4 is 5.82 Å². The van der Waals surface area contributed by atoms with Gasteiger partial charge in [-0.1, -0.05) is 6.07 Å². The van der Waals surface area contributed by atoms with Crippen LogP contribution in [0.25, 0.3) is 0 Å². The first-order chi connectivity index (χ1) is 13.2. The van der Waals surface area contributed by atoms with Gasteiger partial charge in [-0.2, -0.15) is 0 Å². The summed E-state index contributed by atoms with van der Waals surface area (Å²) in [5.41, 5.74) is 1.26. The Labute approximate surface area is 159 Å². The van der Waals surface area contributed by atoms with Gasteiger partial charge in [-0.3, -0.25) is 4.90 Å². The van der Waals surface area contributed by atoms with E-state index in [1.165, 1.54) is 12.0 Å². The zero-order valence-corrected chi connectivity index (χ0v) is 15.9. The number of aromatic nitrogens is 2. The van der Waals surface area contributed by atoms with Crippen LogP contribution in [0, 0.1) is 0 Å². The molecule has 7 heteroatoms. The van der Waals surface area contributed by atoms with Gasteiger partial charge in [-0.15, -0.1) is 0 Å². The molecule has 144 valence electrons. The number of rotatable bonds is 5. The van der Waals surface area contributed by atoms with Gasteiger partial charge in [-0.25, -0.2) is 9.97 Å². The number of nitrogens with zero attached hydrogens (tertiary/aromatic N) is 4. The number of methoxy groups -OCH3 is 1. The minimum absolute atomic E-state index is 0.413. The van der Waals surface area contributed by atoms with Crippen LogP contribution in [0.5, 0.6) is 17.4 Å². The molecule has 3 heterocycles. The molecule has 2 aromatic rings. The van der Waals surface area contributed by atoms with Crippen LogP contribution in [0.2, 0.25) is 0 Å². The van der Waals surface area contributed by atoms with Gasteiger partial charge in [0.1, 0.15) is 25.4 Å². The van der Waals surface area contributed by atoms with E-state index in [0.717, 1.165) is 43.4 Å². The van der Waals surface area contributed by atoms with Crippen molar-refractivity contribution in [3.05, 3.63) is 36.2 Å². The summed E-state index contributed by atoms with van der Waals surface area (Å²) in [4.78, 5) is 13.2. The lowest BCUT2D eigenvalue weighted by Gasteiger charge is -2.38. The molecule has 1 saturated heterocycles. The van der Waals surface area contributed by atoms with Crippen molar-refractivity contribution in [1.29, 1.82) is 0 Å². The van der Waals surface area contributed by atoms with Gasteiger partial charge in [-0.05, 0) is 37.1 Å². The monoisotopic (exact) mass is 370 g/mol. The van der Waals surface area contributed by atoms with Crippen LogP contribution in [-0.4, -0.2) is 61.4 Å². The maximum absolute atomic E-state index is 5.71. The van der Waals surface area contributed by atoms with Crippen molar-refractivity contribution in [2.24, 2.45) is 0 Å². The molecular weight excluding hydrogens is 344 g/mol. The Kier molecular flexibility index (Phi) is 5.29. The van der Waals surface area contributed by atoms with Crippen molar-refractivity contribution < 1.29 is 14.2 Å². The number of hydrogen-bond acceptors (Lipinski definition) is 7. The highest BCUT2D eigenvalue weighted by Crippen LogP contribution is 2.31. The smallest absolute Gasteiger partial charge is 0.218 e. The number of piperidine rings is 1. The van der Waals surface area contributed by atoms with E-state index in [2.05, 4.69) is 38.9 Å². The molecule has 2 aliphatic rings. The van der Waals surface area contributed by atoms with Crippen molar-refractivity contribution in [1.82, 2.24) is 14.9 Å². The minimum atomic E-state index is 0.413. The first-order valence-electron chi connectivity index (χ1n) is 9.42. The summed E-state index contributed by atoms with van der Waals surface area (Å²) < 4.78 is 16.6.